The second-order valence-corrected chi connectivity index (χ2v) is 4.79. The van der Waals surface area contributed by atoms with E-state index >= 15 is 0 Å². The average Bonchev–Trinajstić information content (AvgIpc) is 2.41. The molecule has 0 unspecified atom stereocenters. The summed E-state index contributed by atoms with van der Waals surface area (Å²) in [6, 6.07) is 7.01. The zero-order chi connectivity index (χ0) is 13.7. The second-order valence-electron chi connectivity index (χ2n) is 3.94. The predicted octanol–water partition coefficient (Wildman–Crippen LogP) is 4.35. The molecule has 2 rings (SSSR count). The Morgan fingerprint density at radius 1 is 1.21 bits per heavy atom. The maximum Gasteiger partial charge on any atom is 0.224 e. The monoisotopic (exact) mass is 296 g/mol. The molecule has 1 heterocycles. The lowest BCUT2D eigenvalue weighted by Gasteiger charge is -2.09. The van der Waals surface area contributed by atoms with E-state index < -0.39 is 0 Å². The Morgan fingerprint density at radius 2 is 2.05 bits per heavy atom. The molecule has 0 aliphatic heterocycles. The van der Waals surface area contributed by atoms with Crippen molar-refractivity contribution in [2.75, 3.05) is 17.2 Å². The molecule has 6 heteroatoms. The van der Waals surface area contributed by atoms with E-state index in [0.29, 0.717) is 27.5 Å². The van der Waals surface area contributed by atoms with Gasteiger partial charge in [0.1, 0.15) is 5.82 Å². The Bertz CT molecular complexity index is 560. The highest BCUT2D eigenvalue weighted by Crippen LogP contribution is 2.27. The molecule has 100 valence electrons. The average molecular weight is 297 g/mol. The highest BCUT2D eigenvalue weighted by atomic mass is 35.5. The lowest BCUT2D eigenvalue weighted by atomic mass is 10.3. The van der Waals surface area contributed by atoms with Gasteiger partial charge in [-0.25, -0.2) is 4.98 Å². The molecule has 0 atom stereocenters. The van der Waals surface area contributed by atoms with Gasteiger partial charge in [-0.3, -0.25) is 0 Å². The van der Waals surface area contributed by atoms with E-state index in [0.717, 1.165) is 13.0 Å². The largest absolute Gasteiger partial charge is 0.354 e. The number of hydrogen-bond acceptors (Lipinski definition) is 4. The molecule has 1 aromatic heterocycles. The molecule has 2 aromatic rings. The molecule has 0 radical (unpaired) electrons. The Kier molecular flexibility index (Phi) is 4.82. The van der Waals surface area contributed by atoms with Crippen LogP contribution >= 0.6 is 23.2 Å². The van der Waals surface area contributed by atoms with Crippen molar-refractivity contribution in [3.63, 3.8) is 0 Å². The maximum atomic E-state index is 6.09. The smallest absolute Gasteiger partial charge is 0.224 e. The van der Waals surface area contributed by atoms with E-state index in [1.165, 1.54) is 0 Å². The summed E-state index contributed by atoms with van der Waals surface area (Å²) >= 11 is 12.0. The molecular formula is C13H14Cl2N4. The van der Waals surface area contributed by atoms with E-state index in [2.05, 4.69) is 27.5 Å². The van der Waals surface area contributed by atoms with E-state index in [-0.39, 0.29) is 0 Å². The fraction of sp³-hybridized carbons (Fsp3) is 0.231. The number of rotatable bonds is 5. The normalized spacial score (nSPS) is 10.3. The van der Waals surface area contributed by atoms with Crippen LogP contribution in [-0.2, 0) is 0 Å². The first kappa shape index (κ1) is 13.9. The zero-order valence-electron chi connectivity index (χ0n) is 10.5. The summed E-state index contributed by atoms with van der Waals surface area (Å²) < 4.78 is 0. The van der Waals surface area contributed by atoms with Crippen LogP contribution in [0.4, 0.5) is 17.5 Å². The first-order chi connectivity index (χ1) is 9.19. The number of hydrogen-bond donors (Lipinski definition) is 2. The number of benzene rings is 1. The van der Waals surface area contributed by atoms with Gasteiger partial charge in [0.25, 0.3) is 0 Å². The molecule has 0 aliphatic rings. The summed E-state index contributed by atoms with van der Waals surface area (Å²) in [5.41, 5.74) is 0.717. The number of nitrogens with zero attached hydrogens (tertiary/aromatic N) is 2. The van der Waals surface area contributed by atoms with Crippen LogP contribution in [0.25, 0.3) is 0 Å². The van der Waals surface area contributed by atoms with Crippen molar-refractivity contribution >= 4 is 40.7 Å². The van der Waals surface area contributed by atoms with Crippen LogP contribution in [0.5, 0.6) is 0 Å². The van der Waals surface area contributed by atoms with Crippen LogP contribution in [0.1, 0.15) is 13.3 Å². The van der Waals surface area contributed by atoms with Crippen LogP contribution < -0.4 is 10.6 Å². The molecule has 0 saturated carbocycles. The topological polar surface area (TPSA) is 49.8 Å². The molecular weight excluding hydrogens is 283 g/mol. The maximum absolute atomic E-state index is 6.09. The van der Waals surface area contributed by atoms with Crippen molar-refractivity contribution in [3.05, 3.63) is 40.5 Å². The predicted molar refractivity (Wildman–Crippen MR) is 80.6 cm³/mol. The molecule has 19 heavy (non-hydrogen) atoms. The van der Waals surface area contributed by atoms with Crippen molar-refractivity contribution in [2.24, 2.45) is 0 Å². The Labute approximate surface area is 122 Å². The first-order valence-electron chi connectivity index (χ1n) is 5.98. The minimum Gasteiger partial charge on any atom is -0.354 e. The molecule has 0 spiro atoms. The Morgan fingerprint density at radius 3 is 2.84 bits per heavy atom. The Hall–Kier alpha value is -1.52. The lowest BCUT2D eigenvalue weighted by molar-refractivity contribution is 0.953. The highest BCUT2D eigenvalue weighted by Gasteiger charge is 2.04. The molecule has 1 aromatic carbocycles. The third-order valence-electron chi connectivity index (χ3n) is 2.38. The molecule has 0 fully saturated rings. The van der Waals surface area contributed by atoms with Crippen molar-refractivity contribution in [1.82, 2.24) is 9.97 Å². The molecule has 0 aliphatic carbocycles. The third kappa shape index (κ3) is 3.98. The van der Waals surface area contributed by atoms with Gasteiger partial charge < -0.3 is 10.6 Å². The number of anilines is 3. The van der Waals surface area contributed by atoms with Gasteiger partial charge in [-0.1, -0.05) is 30.1 Å². The summed E-state index contributed by atoms with van der Waals surface area (Å²) in [5.74, 6) is 1.25. The minimum absolute atomic E-state index is 0.588. The van der Waals surface area contributed by atoms with Gasteiger partial charge >= 0.3 is 0 Å². The van der Waals surface area contributed by atoms with Gasteiger partial charge in [0.2, 0.25) is 5.95 Å². The fourth-order valence-corrected chi connectivity index (χ4v) is 1.82. The van der Waals surface area contributed by atoms with Crippen LogP contribution in [0.15, 0.2) is 30.5 Å². The standard InChI is InChI=1S/C13H14Cl2N4/c1-2-6-16-13-17-7-5-12(19-13)18-11-8-9(14)3-4-10(11)15/h3-5,7-8H,2,6H2,1H3,(H2,16,17,18,19). The second kappa shape index (κ2) is 6.59. The van der Waals surface area contributed by atoms with Crippen molar-refractivity contribution in [1.29, 1.82) is 0 Å². The summed E-state index contributed by atoms with van der Waals surface area (Å²) in [5, 5.41) is 7.45. The van der Waals surface area contributed by atoms with Gasteiger partial charge in [-0.05, 0) is 30.7 Å². The fourth-order valence-electron chi connectivity index (χ4n) is 1.48. The van der Waals surface area contributed by atoms with E-state index in [1.54, 1.807) is 30.5 Å². The minimum atomic E-state index is 0.588. The third-order valence-corrected chi connectivity index (χ3v) is 2.94. The van der Waals surface area contributed by atoms with Gasteiger partial charge in [0, 0.05) is 17.8 Å². The number of aromatic nitrogens is 2. The zero-order valence-corrected chi connectivity index (χ0v) is 12.0. The quantitative estimate of drug-likeness (QED) is 0.861. The van der Waals surface area contributed by atoms with Gasteiger partial charge in [-0.15, -0.1) is 0 Å². The van der Waals surface area contributed by atoms with Gasteiger partial charge in [0.15, 0.2) is 0 Å². The number of halogens is 2. The summed E-state index contributed by atoms with van der Waals surface area (Å²) in [6.45, 7) is 2.92. The van der Waals surface area contributed by atoms with Crippen molar-refractivity contribution in [3.8, 4) is 0 Å². The van der Waals surface area contributed by atoms with Crippen molar-refractivity contribution < 1.29 is 0 Å². The Balaban J connectivity index is 2.16. The molecule has 0 saturated heterocycles. The van der Waals surface area contributed by atoms with E-state index in [1.807, 2.05) is 0 Å². The van der Waals surface area contributed by atoms with E-state index in [9.17, 15) is 0 Å². The van der Waals surface area contributed by atoms with Gasteiger partial charge in [0.05, 0.1) is 10.7 Å². The molecule has 2 N–H and O–H groups in total. The van der Waals surface area contributed by atoms with Crippen LogP contribution in [-0.4, -0.2) is 16.5 Å². The van der Waals surface area contributed by atoms with E-state index in [4.69, 9.17) is 23.2 Å². The first-order valence-corrected chi connectivity index (χ1v) is 6.73. The molecule has 0 amide bonds. The summed E-state index contributed by atoms with van der Waals surface area (Å²) in [7, 11) is 0. The number of nitrogens with one attached hydrogen (secondary N) is 2. The van der Waals surface area contributed by atoms with Crippen LogP contribution in [0, 0.1) is 0 Å². The summed E-state index contributed by atoms with van der Waals surface area (Å²) in [6.07, 6.45) is 2.70. The van der Waals surface area contributed by atoms with Gasteiger partial charge in [-0.2, -0.15) is 4.98 Å². The molecule has 0 bridgehead atoms. The SMILES string of the molecule is CCCNc1nccc(Nc2cc(Cl)ccc2Cl)n1. The lowest BCUT2D eigenvalue weighted by Crippen LogP contribution is -2.05. The van der Waals surface area contributed by atoms with Crippen LogP contribution in [0.3, 0.4) is 0 Å². The van der Waals surface area contributed by atoms with Crippen molar-refractivity contribution in [2.45, 2.75) is 13.3 Å². The summed E-state index contributed by atoms with van der Waals surface area (Å²) in [4.78, 5) is 8.48. The van der Waals surface area contributed by atoms with Crippen LogP contribution in [0.2, 0.25) is 10.0 Å². The highest BCUT2D eigenvalue weighted by molar-refractivity contribution is 6.35. The molecule has 4 nitrogen and oxygen atoms in total.